The van der Waals surface area contributed by atoms with E-state index in [1.165, 1.54) is 16.0 Å². The molecule has 0 amide bonds. The summed E-state index contributed by atoms with van der Waals surface area (Å²) in [7, 11) is 3.18. The Hall–Kier alpha value is -4.41. The summed E-state index contributed by atoms with van der Waals surface area (Å²) in [4.78, 5) is 27.3. The Morgan fingerprint density at radius 1 is 1.03 bits per heavy atom. The monoisotopic (exact) mass is 525 g/mol. The Labute approximate surface area is 221 Å². The molecule has 3 aromatic heterocycles. The average molecular weight is 526 g/mol. The highest BCUT2D eigenvalue weighted by Crippen LogP contribution is 2.35. The number of ether oxygens (including phenoxy) is 2. The van der Waals surface area contributed by atoms with Crippen LogP contribution in [0.2, 0.25) is 0 Å². The molecule has 1 atom stereocenters. The minimum Gasteiger partial charge on any atom is -0.493 e. The summed E-state index contributed by atoms with van der Waals surface area (Å²) in [5.74, 6) is 1.55. The molecule has 2 aromatic carbocycles. The van der Waals surface area contributed by atoms with Gasteiger partial charge in [0.1, 0.15) is 10.7 Å². The fraction of sp³-hybridized carbons (Fsp3) is 0.179. The van der Waals surface area contributed by atoms with Gasteiger partial charge in [-0.1, -0.05) is 18.2 Å². The molecule has 6 rings (SSSR count). The number of thiazole rings is 1. The summed E-state index contributed by atoms with van der Waals surface area (Å²) in [5.41, 5.74) is 3.59. The fourth-order valence-electron chi connectivity index (χ4n) is 4.72. The molecule has 4 heterocycles. The minimum atomic E-state index is -0.315. The lowest BCUT2D eigenvalue weighted by Gasteiger charge is -2.24. The van der Waals surface area contributed by atoms with Crippen molar-refractivity contribution in [2.45, 2.75) is 12.5 Å². The second-order valence-electron chi connectivity index (χ2n) is 8.73. The van der Waals surface area contributed by atoms with Gasteiger partial charge in [-0.05, 0) is 42.3 Å². The largest absolute Gasteiger partial charge is 0.493 e. The first-order chi connectivity index (χ1) is 18.6. The van der Waals surface area contributed by atoms with Crippen molar-refractivity contribution in [1.82, 2.24) is 19.7 Å². The van der Waals surface area contributed by atoms with Crippen LogP contribution in [-0.2, 0) is 6.42 Å². The number of aliphatic hydroxyl groups is 1. The van der Waals surface area contributed by atoms with E-state index in [9.17, 15) is 9.90 Å². The molecule has 9 nitrogen and oxygen atoms in total. The maximum Gasteiger partial charge on any atom is 0.280 e. The number of hydrogen-bond donors (Lipinski definition) is 1. The van der Waals surface area contributed by atoms with Gasteiger partial charge in [0.2, 0.25) is 0 Å². The summed E-state index contributed by atoms with van der Waals surface area (Å²) in [6.45, 7) is -0.0991. The molecule has 38 heavy (non-hydrogen) atoms. The number of aromatic nitrogens is 4. The highest BCUT2D eigenvalue weighted by molar-refractivity contribution is 7.13. The molecular formula is C28H23N5O4S. The number of aliphatic hydroxyl groups excluding tert-OH is 1. The van der Waals surface area contributed by atoms with Crippen LogP contribution in [0.5, 0.6) is 11.5 Å². The Morgan fingerprint density at radius 2 is 1.82 bits per heavy atom. The second-order valence-corrected chi connectivity index (χ2v) is 9.63. The van der Waals surface area contributed by atoms with E-state index in [1.807, 2.05) is 41.8 Å². The van der Waals surface area contributed by atoms with Gasteiger partial charge in [-0.15, -0.1) is 11.3 Å². The fourth-order valence-corrected chi connectivity index (χ4v) is 5.36. The third-order valence-corrected chi connectivity index (χ3v) is 7.30. The molecule has 1 aliphatic heterocycles. The molecular weight excluding hydrogens is 502 g/mol. The molecule has 1 unspecified atom stereocenters. The third-order valence-electron chi connectivity index (χ3n) is 6.52. The van der Waals surface area contributed by atoms with E-state index < -0.39 is 0 Å². The molecule has 0 fully saturated rings. The third kappa shape index (κ3) is 4.04. The van der Waals surface area contributed by atoms with E-state index in [-0.39, 0.29) is 18.2 Å². The maximum absolute atomic E-state index is 13.5. The van der Waals surface area contributed by atoms with E-state index in [2.05, 4.69) is 9.97 Å². The van der Waals surface area contributed by atoms with Crippen LogP contribution < -0.4 is 15.0 Å². The van der Waals surface area contributed by atoms with Gasteiger partial charge in [-0.2, -0.15) is 9.78 Å². The minimum absolute atomic E-state index is 0.0991. The zero-order valence-corrected chi connectivity index (χ0v) is 21.5. The van der Waals surface area contributed by atoms with Crippen LogP contribution in [-0.4, -0.2) is 57.4 Å². The van der Waals surface area contributed by atoms with Crippen LogP contribution in [0.25, 0.3) is 27.3 Å². The summed E-state index contributed by atoms with van der Waals surface area (Å²) < 4.78 is 12.3. The number of fused-ring (bicyclic) bond motifs is 2. The van der Waals surface area contributed by atoms with Gasteiger partial charge in [0.25, 0.3) is 5.56 Å². The van der Waals surface area contributed by atoms with Crippen molar-refractivity contribution in [2.24, 2.45) is 4.99 Å². The molecule has 0 bridgehead atoms. The van der Waals surface area contributed by atoms with Crippen LogP contribution in [0.15, 0.2) is 76.1 Å². The van der Waals surface area contributed by atoms with Gasteiger partial charge in [-0.25, -0.2) is 9.97 Å². The number of pyridine rings is 1. The van der Waals surface area contributed by atoms with Crippen molar-refractivity contribution >= 4 is 27.8 Å². The molecule has 10 heteroatoms. The van der Waals surface area contributed by atoms with Crippen LogP contribution in [0, 0.1) is 0 Å². The lowest BCUT2D eigenvalue weighted by molar-refractivity contribution is 0.265. The number of methoxy groups -OCH3 is 2. The number of hydrogen-bond acceptors (Lipinski definition) is 9. The maximum atomic E-state index is 13.5. The summed E-state index contributed by atoms with van der Waals surface area (Å²) in [6, 6.07) is 14.5. The molecule has 1 aliphatic rings. The van der Waals surface area contributed by atoms with Gasteiger partial charge in [0, 0.05) is 34.3 Å². The normalized spacial score (nSPS) is 14.7. The number of benzene rings is 2. The van der Waals surface area contributed by atoms with Crippen LogP contribution in [0.4, 0.5) is 0 Å². The summed E-state index contributed by atoms with van der Waals surface area (Å²) >= 11 is 1.45. The van der Waals surface area contributed by atoms with Crippen molar-refractivity contribution in [3.8, 4) is 28.0 Å². The quantitative estimate of drug-likeness (QED) is 0.360. The van der Waals surface area contributed by atoms with E-state index in [0.717, 1.165) is 22.1 Å². The van der Waals surface area contributed by atoms with Crippen molar-refractivity contribution in [1.29, 1.82) is 0 Å². The van der Waals surface area contributed by atoms with Gasteiger partial charge < -0.3 is 14.6 Å². The molecule has 190 valence electrons. The zero-order chi connectivity index (χ0) is 26.2. The van der Waals surface area contributed by atoms with Crippen LogP contribution in [0.3, 0.4) is 0 Å². The zero-order valence-electron chi connectivity index (χ0n) is 20.7. The van der Waals surface area contributed by atoms with Crippen LogP contribution in [0.1, 0.15) is 16.7 Å². The lowest BCUT2D eigenvalue weighted by Crippen LogP contribution is -2.26. The van der Waals surface area contributed by atoms with E-state index >= 15 is 0 Å². The van der Waals surface area contributed by atoms with Gasteiger partial charge >= 0.3 is 0 Å². The first-order valence-electron chi connectivity index (χ1n) is 11.9. The highest BCUT2D eigenvalue weighted by atomic mass is 32.1. The predicted molar refractivity (Wildman–Crippen MR) is 146 cm³/mol. The number of aliphatic imine (C=N–C) groups is 1. The number of rotatable bonds is 6. The van der Waals surface area contributed by atoms with Gasteiger partial charge in [-0.3, -0.25) is 9.79 Å². The van der Waals surface area contributed by atoms with Gasteiger partial charge in [0.05, 0.1) is 38.0 Å². The molecule has 0 spiro atoms. The number of nitrogens with zero attached hydrogens (tertiary/aromatic N) is 5. The van der Waals surface area contributed by atoms with E-state index in [1.54, 1.807) is 38.7 Å². The standard InChI is InChI=1S/C28H23N5O4S/c1-36-22-12-17-11-18(15-34)31-25(21(17)14-23(22)37-2)16-7-8-29-24(13-16)33-28(35)20-6-4-3-5-19(20)26(32-33)27-30-9-10-38-27/h3-10,12-14,18,34H,11,15H2,1-2H3. The highest BCUT2D eigenvalue weighted by Gasteiger charge is 2.25. The molecule has 5 aromatic rings. The SMILES string of the molecule is COc1cc2c(cc1OC)C(c1ccnc(-n3nc(-c4nccs4)c4ccccc4c3=O)c1)=NC(CO)C2. The molecule has 1 N–H and O–H groups in total. The molecule has 0 saturated heterocycles. The Balaban J connectivity index is 1.53. The first kappa shape index (κ1) is 24.0. The van der Waals surface area contributed by atoms with Crippen LogP contribution >= 0.6 is 11.3 Å². The summed E-state index contributed by atoms with van der Waals surface area (Å²) in [5, 5.41) is 18.5. The smallest absolute Gasteiger partial charge is 0.280 e. The van der Waals surface area contributed by atoms with Crippen molar-refractivity contribution in [3.05, 3.63) is 93.3 Å². The Kier molecular flexibility index (Phi) is 6.18. The van der Waals surface area contributed by atoms with E-state index in [4.69, 9.17) is 19.6 Å². The predicted octanol–water partition coefficient (Wildman–Crippen LogP) is 3.68. The van der Waals surface area contributed by atoms with Crippen molar-refractivity contribution in [3.63, 3.8) is 0 Å². The first-order valence-corrected chi connectivity index (χ1v) is 12.8. The summed E-state index contributed by atoms with van der Waals surface area (Å²) in [6.07, 6.45) is 3.91. The van der Waals surface area contributed by atoms with Crippen molar-refractivity contribution in [2.75, 3.05) is 20.8 Å². The van der Waals surface area contributed by atoms with Gasteiger partial charge in [0.15, 0.2) is 17.3 Å². The van der Waals surface area contributed by atoms with Crippen molar-refractivity contribution < 1.29 is 14.6 Å². The lowest BCUT2D eigenvalue weighted by atomic mass is 9.90. The Morgan fingerprint density at radius 3 is 2.55 bits per heavy atom. The van der Waals surface area contributed by atoms with E-state index in [0.29, 0.717) is 45.5 Å². The Bertz CT molecular complexity index is 1750. The molecule has 0 aliphatic carbocycles. The molecule has 0 saturated carbocycles. The average Bonchev–Trinajstić information content (AvgIpc) is 3.51. The second kappa shape index (κ2) is 9.81. The topological polar surface area (TPSA) is 112 Å². The molecule has 0 radical (unpaired) electrons.